The Labute approximate surface area is 105 Å². The van der Waals surface area contributed by atoms with Gasteiger partial charge in [0, 0.05) is 19.3 Å². The van der Waals surface area contributed by atoms with Crippen LogP contribution >= 0.6 is 11.8 Å². The highest BCUT2D eigenvalue weighted by atomic mass is 32.2. The van der Waals surface area contributed by atoms with E-state index in [4.69, 9.17) is 5.11 Å². The highest BCUT2D eigenvalue weighted by Crippen LogP contribution is 2.22. The van der Waals surface area contributed by atoms with Crippen LogP contribution < -0.4 is 5.32 Å². The predicted molar refractivity (Wildman–Crippen MR) is 67.2 cm³/mol. The first kappa shape index (κ1) is 14.1. The smallest absolute Gasteiger partial charge is 0.327 e. The fourth-order valence-electron chi connectivity index (χ4n) is 1.64. The van der Waals surface area contributed by atoms with Gasteiger partial charge in [0.25, 0.3) is 0 Å². The fourth-order valence-corrected chi connectivity index (χ4v) is 2.78. The van der Waals surface area contributed by atoms with Crippen molar-refractivity contribution in [2.45, 2.75) is 12.5 Å². The van der Waals surface area contributed by atoms with Crippen molar-refractivity contribution >= 4 is 23.8 Å². The number of carboxylic acid groups (broad SMARTS) is 1. The molecule has 0 bridgehead atoms. The molecule has 17 heavy (non-hydrogen) atoms. The van der Waals surface area contributed by atoms with Crippen LogP contribution in [0.25, 0.3) is 0 Å². The number of amides is 2. The molecule has 0 radical (unpaired) electrons. The largest absolute Gasteiger partial charge is 0.480 e. The van der Waals surface area contributed by atoms with Gasteiger partial charge in [-0.25, -0.2) is 9.59 Å². The van der Waals surface area contributed by atoms with Crippen molar-refractivity contribution in [3.63, 3.8) is 0 Å². The third-order valence-corrected chi connectivity index (χ3v) is 3.67. The molecule has 98 valence electrons. The second-order valence-corrected chi connectivity index (χ2v) is 4.98. The van der Waals surface area contributed by atoms with Crippen LogP contribution in [-0.4, -0.2) is 71.8 Å². The number of aliphatic carboxylic acids is 1. The average molecular weight is 261 g/mol. The van der Waals surface area contributed by atoms with Gasteiger partial charge in [-0.3, -0.25) is 0 Å². The molecule has 0 aromatic heterocycles. The maximum absolute atomic E-state index is 12.0. The topological polar surface area (TPSA) is 72.9 Å². The summed E-state index contributed by atoms with van der Waals surface area (Å²) in [5.41, 5.74) is 0. The molecule has 1 atom stereocenters. The maximum atomic E-state index is 12.0. The molecule has 1 rings (SSSR count). The van der Waals surface area contributed by atoms with Crippen molar-refractivity contribution in [1.82, 2.24) is 15.1 Å². The molecular formula is C10H19N3O3S. The van der Waals surface area contributed by atoms with E-state index in [0.29, 0.717) is 18.2 Å². The molecule has 0 saturated carbocycles. The Morgan fingerprint density at radius 3 is 2.88 bits per heavy atom. The number of nitrogens with zero attached hydrogens (tertiary/aromatic N) is 2. The monoisotopic (exact) mass is 261 g/mol. The predicted octanol–water partition coefficient (Wildman–Crippen LogP) is 0.107. The third kappa shape index (κ3) is 3.78. The van der Waals surface area contributed by atoms with Gasteiger partial charge in [-0.15, -0.1) is 11.8 Å². The summed E-state index contributed by atoms with van der Waals surface area (Å²) in [4.78, 5) is 26.0. The zero-order valence-electron chi connectivity index (χ0n) is 10.2. The van der Waals surface area contributed by atoms with Gasteiger partial charge in [0.2, 0.25) is 0 Å². The number of rotatable bonds is 5. The number of urea groups is 1. The van der Waals surface area contributed by atoms with E-state index in [1.165, 1.54) is 16.7 Å². The fraction of sp³-hybridized carbons (Fsp3) is 0.800. The van der Waals surface area contributed by atoms with Gasteiger partial charge in [-0.1, -0.05) is 0 Å². The van der Waals surface area contributed by atoms with Crippen molar-refractivity contribution < 1.29 is 14.7 Å². The lowest BCUT2D eigenvalue weighted by Gasteiger charge is -2.26. The molecular weight excluding hydrogens is 242 g/mol. The maximum Gasteiger partial charge on any atom is 0.327 e. The summed E-state index contributed by atoms with van der Waals surface area (Å²) in [7, 11) is 3.57. The Morgan fingerprint density at radius 2 is 2.29 bits per heavy atom. The van der Waals surface area contributed by atoms with E-state index in [-0.39, 0.29) is 6.03 Å². The molecule has 1 heterocycles. The Balaban J connectivity index is 2.47. The average Bonchev–Trinajstić information content (AvgIpc) is 2.77. The zero-order valence-corrected chi connectivity index (χ0v) is 11.0. The van der Waals surface area contributed by atoms with E-state index in [2.05, 4.69) is 5.32 Å². The summed E-state index contributed by atoms with van der Waals surface area (Å²) < 4.78 is 0. The molecule has 6 nitrogen and oxygen atoms in total. The first-order chi connectivity index (χ1) is 8.07. The number of thioether (sulfide) groups is 1. The number of carbonyl (C=O) groups is 2. The lowest BCUT2D eigenvalue weighted by atomic mass is 10.3. The van der Waals surface area contributed by atoms with Crippen LogP contribution in [0.3, 0.4) is 0 Å². The molecule has 0 unspecified atom stereocenters. The van der Waals surface area contributed by atoms with Crippen molar-refractivity contribution in [3.8, 4) is 0 Å². The van der Waals surface area contributed by atoms with E-state index in [1.807, 2.05) is 7.05 Å². The summed E-state index contributed by atoms with van der Waals surface area (Å²) in [5.74, 6) is 0.0180. The van der Waals surface area contributed by atoms with E-state index in [1.54, 1.807) is 11.9 Å². The summed E-state index contributed by atoms with van der Waals surface area (Å²) in [6.07, 6.45) is 0.859. The molecule has 1 saturated heterocycles. The van der Waals surface area contributed by atoms with Gasteiger partial charge >= 0.3 is 12.0 Å². The van der Waals surface area contributed by atoms with Gasteiger partial charge < -0.3 is 20.2 Å². The zero-order chi connectivity index (χ0) is 12.8. The van der Waals surface area contributed by atoms with Crippen molar-refractivity contribution in [2.24, 2.45) is 0 Å². The standard InChI is InChI=1S/C10H19N3O3S/c1-11-4-3-5-12(2)10(16)13-7-17-6-8(13)9(14)15/h8,11H,3-7H2,1-2H3,(H,14,15)/t8-/m0/s1. The van der Waals surface area contributed by atoms with Gasteiger partial charge in [-0.2, -0.15) is 0 Å². The molecule has 1 aliphatic heterocycles. The van der Waals surface area contributed by atoms with Crippen LogP contribution in [0.15, 0.2) is 0 Å². The summed E-state index contributed by atoms with van der Waals surface area (Å²) in [5, 5.41) is 12.0. The van der Waals surface area contributed by atoms with Crippen LogP contribution in [0.2, 0.25) is 0 Å². The Kier molecular flexibility index (Phi) is 5.57. The Bertz CT molecular complexity index is 288. The second-order valence-electron chi connectivity index (χ2n) is 3.98. The minimum atomic E-state index is -0.924. The molecule has 0 spiro atoms. The Hall–Kier alpha value is -0.950. The third-order valence-electron chi connectivity index (χ3n) is 2.66. The van der Waals surface area contributed by atoms with Gasteiger partial charge in [-0.05, 0) is 20.0 Å². The summed E-state index contributed by atoms with van der Waals surface area (Å²) in [6.45, 7) is 1.47. The van der Waals surface area contributed by atoms with Crippen molar-refractivity contribution in [1.29, 1.82) is 0 Å². The number of nitrogens with one attached hydrogen (secondary N) is 1. The SMILES string of the molecule is CNCCCN(C)C(=O)N1CSC[C@H]1C(=O)O. The van der Waals surface area contributed by atoms with E-state index < -0.39 is 12.0 Å². The minimum Gasteiger partial charge on any atom is -0.480 e. The van der Waals surface area contributed by atoms with Crippen LogP contribution in [-0.2, 0) is 4.79 Å². The molecule has 2 amide bonds. The first-order valence-electron chi connectivity index (χ1n) is 5.54. The second kappa shape index (κ2) is 6.70. The highest BCUT2D eigenvalue weighted by Gasteiger charge is 2.35. The number of carbonyl (C=O) groups excluding carboxylic acids is 1. The molecule has 0 aromatic rings. The van der Waals surface area contributed by atoms with E-state index in [0.717, 1.165) is 13.0 Å². The van der Waals surface area contributed by atoms with Gasteiger partial charge in [0.15, 0.2) is 0 Å². The van der Waals surface area contributed by atoms with Crippen LogP contribution in [0.4, 0.5) is 4.79 Å². The quantitative estimate of drug-likeness (QED) is 0.687. The lowest BCUT2D eigenvalue weighted by molar-refractivity contribution is -0.140. The highest BCUT2D eigenvalue weighted by molar-refractivity contribution is 7.99. The molecule has 0 aromatic carbocycles. The number of carboxylic acids is 1. The number of hydrogen-bond acceptors (Lipinski definition) is 4. The Morgan fingerprint density at radius 1 is 1.59 bits per heavy atom. The van der Waals surface area contributed by atoms with E-state index in [9.17, 15) is 9.59 Å². The molecule has 2 N–H and O–H groups in total. The van der Waals surface area contributed by atoms with Crippen LogP contribution in [0, 0.1) is 0 Å². The first-order valence-corrected chi connectivity index (χ1v) is 6.70. The van der Waals surface area contributed by atoms with Crippen LogP contribution in [0.5, 0.6) is 0 Å². The van der Waals surface area contributed by atoms with Gasteiger partial charge in [0.05, 0.1) is 5.88 Å². The van der Waals surface area contributed by atoms with Crippen molar-refractivity contribution in [3.05, 3.63) is 0 Å². The number of hydrogen-bond donors (Lipinski definition) is 2. The molecule has 1 aliphatic rings. The van der Waals surface area contributed by atoms with Gasteiger partial charge in [0.1, 0.15) is 6.04 Å². The summed E-state index contributed by atoms with van der Waals surface area (Å²) >= 11 is 1.48. The van der Waals surface area contributed by atoms with Crippen LogP contribution in [0.1, 0.15) is 6.42 Å². The molecule has 0 aliphatic carbocycles. The van der Waals surface area contributed by atoms with E-state index >= 15 is 0 Å². The lowest BCUT2D eigenvalue weighted by Crippen LogP contribution is -2.47. The van der Waals surface area contributed by atoms with Crippen molar-refractivity contribution in [2.75, 3.05) is 38.8 Å². The normalized spacial score (nSPS) is 19.4. The molecule has 1 fully saturated rings. The summed E-state index contributed by atoms with van der Waals surface area (Å²) in [6, 6.07) is -0.877. The molecule has 7 heteroatoms. The minimum absolute atomic E-state index is 0.196.